The number of benzene rings is 1. The molecule has 1 aromatic heterocycles. The van der Waals surface area contributed by atoms with Gasteiger partial charge < -0.3 is 4.42 Å². The maximum absolute atomic E-state index is 11.8. The van der Waals surface area contributed by atoms with E-state index in [2.05, 4.69) is 4.72 Å². The van der Waals surface area contributed by atoms with E-state index < -0.39 is 10.0 Å². The maximum atomic E-state index is 11.8. The molecular formula is C13H12N2O3S. The van der Waals surface area contributed by atoms with Gasteiger partial charge in [-0.2, -0.15) is 5.26 Å². The summed E-state index contributed by atoms with van der Waals surface area (Å²) in [5, 5.41) is 8.66. The molecule has 2 rings (SSSR count). The molecule has 0 fully saturated rings. The fourth-order valence-electron chi connectivity index (χ4n) is 1.53. The number of hydrogen-bond donors (Lipinski definition) is 1. The van der Waals surface area contributed by atoms with E-state index in [-0.39, 0.29) is 12.3 Å². The molecule has 0 radical (unpaired) electrons. The largest absolute Gasteiger partial charge is 0.472 e. The van der Waals surface area contributed by atoms with Gasteiger partial charge in [-0.3, -0.25) is 0 Å². The highest BCUT2D eigenvalue weighted by Gasteiger charge is 2.11. The maximum Gasteiger partial charge on any atom is 0.216 e. The zero-order valence-corrected chi connectivity index (χ0v) is 10.9. The monoisotopic (exact) mass is 276 g/mol. The van der Waals surface area contributed by atoms with Crippen molar-refractivity contribution in [2.75, 3.05) is 0 Å². The topological polar surface area (TPSA) is 83.1 Å². The van der Waals surface area contributed by atoms with Crippen molar-refractivity contribution in [3.05, 3.63) is 59.5 Å². The third-order valence-electron chi connectivity index (χ3n) is 2.52. The zero-order valence-electron chi connectivity index (χ0n) is 10.0. The number of rotatable bonds is 5. The lowest BCUT2D eigenvalue weighted by atomic mass is 10.2. The molecule has 0 unspecified atom stereocenters. The van der Waals surface area contributed by atoms with E-state index >= 15 is 0 Å². The molecule has 0 atom stereocenters. The van der Waals surface area contributed by atoms with Gasteiger partial charge in [0.05, 0.1) is 29.9 Å². The summed E-state index contributed by atoms with van der Waals surface area (Å²) < 4.78 is 31.0. The molecule has 0 aliphatic carbocycles. The van der Waals surface area contributed by atoms with Crippen LogP contribution in [-0.2, 0) is 22.3 Å². The van der Waals surface area contributed by atoms with Crippen LogP contribution in [0.2, 0.25) is 0 Å². The fraction of sp³-hybridized carbons (Fsp3) is 0.154. The molecule has 98 valence electrons. The average Bonchev–Trinajstić information content (AvgIpc) is 2.90. The number of hydrogen-bond acceptors (Lipinski definition) is 4. The fourth-order valence-corrected chi connectivity index (χ4v) is 2.65. The molecule has 0 saturated heterocycles. The van der Waals surface area contributed by atoms with Gasteiger partial charge in [0.2, 0.25) is 10.0 Å². The van der Waals surface area contributed by atoms with Crippen molar-refractivity contribution < 1.29 is 12.8 Å². The van der Waals surface area contributed by atoms with Crippen molar-refractivity contribution in [2.24, 2.45) is 0 Å². The molecular weight excluding hydrogens is 264 g/mol. The van der Waals surface area contributed by atoms with Crippen LogP contribution >= 0.6 is 0 Å². The Morgan fingerprint density at radius 1 is 1.16 bits per heavy atom. The molecule has 0 aliphatic rings. The number of nitrogens with zero attached hydrogens (tertiary/aromatic N) is 1. The summed E-state index contributed by atoms with van der Waals surface area (Å²) in [4.78, 5) is 0. The van der Waals surface area contributed by atoms with Crippen molar-refractivity contribution in [3.8, 4) is 6.07 Å². The van der Waals surface area contributed by atoms with Crippen molar-refractivity contribution in [2.45, 2.75) is 12.3 Å². The third kappa shape index (κ3) is 3.95. The van der Waals surface area contributed by atoms with Crippen LogP contribution in [0, 0.1) is 11.3 Å². The molecule has 0 spiro atoms. The van der Waals surface area contributed by atoms with Gasteiger partial charge in [0, 0.05) is 12.1 Å². The first-order valence-electron chi connectivity index (χ1n) is 5.56. The Kier molecular flexibility index (Phi) is 4.00. The van der Waals surface area contributed by atoms with Gasteiger partial charge >= 0.3 is 0 Å². The van der Waals surface area contributed by atoms with E-state index in [4.69, 9.17) is 9.68 Å². The Morgan fingerprint density at radius 3 is 2.47 bits per heavy atom. The molecule has 0 saturated carbocycles. The smallest absolute Gasteiger partial charge is 0.216 e. The molecule has 0 amide bonds. The van der Waals surface area contributed by atoms with Crippen molar-refractivity contribution >= 4 is 10.0 Å². The van der Waals surface area contributed by atoms with E-state index in [1.807, 2.05) is 6.07 Å². The third-order valence-corrected chi connectivity index (χ3v) is 3.81. The molecule has 5 nitrogen and oxygen atoms in total. The number of sulfonamides is 1. The van der Waals surface area contributed by atoms with Crippen molar-refractivity contribution in [3.63, 3.8) is 0 Å². The highest BCUT2D eigenvalue weighted by atomic mass is 32.2. The van der Waals surface area contributed by atoms with Crippen LogP contribution in [0.4, 0.5) is 0 Å². The lowest BCUT2D eigenvalue weighted by molar-refractivity contribution is 0.561. The number of furan rings is 1. The Hall–Kier alpha value is -2.10. The van der Waals surface area contributed by atoms with Crippen LogP contribution < -0.4 is 4.72 Å². The van der Waals surface area contributed by atoms with Gasteiger partial charge in [-0.1, -0.05) is 12.1 Å². The van der Waals surface area contributed by atoms with Crippen LogP contribution in [-0.4, -0.2) is 8.42 Å². The van der Waals surface area contributed by atoms with E-state index in [1.54, 1.807) is 30.3 Å². The summed E-state index contributed by atoms with van der Waals surface area (Å²) in [5.74, 6) is -0.115. The molecule has 6 heteroatoms. The van der Waals surface area contributed by atoms with E-state index in [0.29, 0.717) is 11.1 Å². The van der Waals surface area contributed by atoms with Gasteiger partial charge in [-0.15, -0.1) is 0 Å². The quantitative estimate of drug-likeness (QED) is 0.902. The first kappa shape index (κ1) is 13.3. The van der Waals surface area contributed by atoms with Gasteiger partial charge in [0.15, 0.2) is 0 Å². The molecule has 2 aromatic rings. The number of nitriles is 1. The van der Waals surface area contributed by atoms with E-state index in [0.717, 1.165) is 5.56 Å². The van der Waals surface area contributed by atoms with E-state index in [9.17, 15) is 8.42 Å². The van der Waals surface area contributed by atoms with Gasteiger partial charge in [0.25, 0.3) is 0 Å². The van der Waals surface area contributed by atoms with Gasteiger partial charge in [-0.25, -0.2) is 13.1 Å². The summed E-state index contributed by atoms with van der Waals surface area (Å²) in [6.07, 6.45) is 2.98. The first-order valence-corrected chi connectivity index (χ1v) is 7.22. The second kappa shape index (κ2) is 5.69. The predicted molar refractivity (Wildman–Crippen MR) is 69.3 cm³/mol. The van der Waals surface area contributed by atoms with Crippen molar-refractivity contribution in [1.82, 2.24) is 4.72 Å². The van der Waals surface area contributed by atoms with Gasteiger partial charge in [-0.05, 0) is 23.8 Å². The lowest BCUT2D eigenvalue weighted by Crippen LogP contribution is -2.24. The SMILES string of the molecule is N#Cc1ccc(CS(=O)(=O)NCc2ccoc2)cc1. The second-order valence-electron chi connectivity index (χ2n) is 4.02. The minimum Gasteiger partial charge on any atom is -0.472 e. The Bertz CT molecular complexity index is 668. The van der Waals surface area contributed by atoms with Gasteiger partial charge in [0.1, 0.15) is 0 Å². The highest BCUT2D eigenvalue weighted by molar-refractivity contribution is 7.88. The number of nitrogens with one attached hydrogen (secondary N) is 1. The van der Waals surface area contributed by atoms with Crippen LogP contribution in [0.1, 0.15) is 16.7 Å². The minimum absolute atomic E-state index is 0.115. The summed E-state index contributed by atoms with van der Waals surface area (Å²) >= 11 is 0. The molecule has 1 aromatic carbocycles. The highest BCUT2D eigenvalue weighted by Crippen LogP contribution is 2.08. The lowest BCUT2D eigenvalue weighted by Gasteiger charge is -2.05. The first-order chi connectivity index (χ1) is 9.09. The molecule has 1 heterocycles. The second-order valence-corrected chi connectivity index (χ2v) is 5.83. The summed E-state index contributed by atoms with van der Waals surface area (Å²) in [7, 11) is -3.40. The summed E-state index contributed by atoms with van der Waals surface area (Å²) in [6.45, 7) is 0.203. The van der Waals surface area contributed by atoms with Crippen LogP contribution in [0.25, 0.3) is 0 Å². The summed E-state index contributed by atoms with van der Waals surface area (Å²) in [5.41, 5.74) is 1.91. The van der Waals surface area contributed by atoms with E-state index in [1.165, 1.54) is 12.5 Å². The normalized spacial score (nSPS) is 11.1. The average molecular weight is 276 g/mol. The van der Waals surface area contributed by atoms with Crippen LogP contribution in [0.15, 0.2) is 47.3 Å². The van der Waals surface area contributed by atoms with Crippen LogP contribution in [0.3, 0.4) is 0 Å². The Morgan fingerprint density at radius 2 is 1.89 bits per heavy atom. The van der Waals surface area contributed by atoms with Crippen molar-refractivity contribution in [1.29, 1.82) is 5.26 Å². The van der Waals surface area contributed by atoms with Crippen LogP contribution in [0.5, 0.6) is 0 Å². The molecule has 0 aliphatic heterocycles. The Labute approximate surface area is 111 Å². The molecule has 1 N–H and O–H groups in total. The Balaban J connectivity index is 1.98. The minimum atomic E-state index is -3.40. The summed E-state index contributed by atoms with van der Waals surface area (Å²) in [6, 6.07) is 10.1. The predicted octanol–water partition coefficient (Wildman–Crippen LogP) is 1.77. The zero-order chi connectivity index (χ0) is 13.7. The molecule has 0 bridgehead atoms. The standard InChI is InChI=1S/C13H12N2O3S/c14-7-11-1-3-12(4-2-11)10-19(16,17)15-8-13-5-6-18-9-13/h1-6,9,15H,8,10H2. The molecule has 19 heavy (non-hydrogen) atoms.